The molecule has 0 amide bonds. The highest BCUT2D eigenvalue weighted by atomic mass is 15.9. The van der Waals surface area contributed by atoms with Crippen molar-refractivity contribution in [3.8, 4) is 0 Å². The molecule has 0 aliphatic carbocycles. The standard InChI is InChI=1S/C17H42N5/c1-5-9-13-19-16-22(17(18)12-8-4,20-14-10-6-2)21-15-11-7-3/h17,19-21H,5-16,18H2,1-4H3/q+1. The molecule has 0 saturated carbocycles. The molecular formula is C17H42N5+. The summed E-state index contributed by atoms with van der Waals surface area (Å²) < 4.78 is 0.595. The number of unbranched alkanes of at least 4 members (excludes halogenated alkanes) is 3. The summed E-state index contributed by atoms with van der Waals surface area (Å²) in [4.78, 5) is 0. The quantitative estimate of drug-likeness (QED) is 0.153. The molecule has 1 unspecified atom stereocenters. The first-order valence-corrected chi connectivity index (χ1v) is 9.51. The monoisotopic (exact) mass is 316 g/mol. The van der Waals surface area contributed by atoms with Crippen LogP contribution in [0.25, 0.3) is 0 Å². The molecule has 0 aromatic heterocycles. The number of quaternary nitrogens is 1. The largest absolute Gasteiger partial charge is 0.278 e. The van der Waals surface area contributed by atoms with Crippen LogP contribution in [0.5, 0.6) is 0 Å². The predicted octanol–water partition coefficient (Wildman–Crippen LogP) is 2.84. The number of hydrogen-bond acceptors (Lipinski definition) is 4. The maximum absolute atomic E-state index is 6.55. The molecule has 0 aliphatic rings. The van der Waals surface area contributed by atoms with Crippen molar-refractivity contribution < 1.29 is 4.70 Å². The first-order valence-electron chi connectivity index (χ1n) is 9.51. The third kappa shape index (κ3) is 9.06. The van der Waals surface area contributed by atoms with Gasteiger partial charge in [0.2, 0.25) is 0 Å². The Morgan fingerprint density at radius 2 is 1.27 bits per heavy atom. The number of nitrogens with one attached hydrogen (secondary N) is 3. The second-order valence-corrected chi connectivity index (χ2v) is 6.26. The summed E-state index contributed by atoms with van der Waals surface area (Å²) in [6, 6.07) is 0. The van der Waals surface area contributed by atoms with Crippen molar-refractivity contribution in [2.24, 2.45) is 5.73 Å². The Labute approximate surface area is 138 Å². The van der Waals surface area contributed by atoms with Crippen molar-refractivity contribution >= 4 is 0 Å². The highest BCUT2D eigenvalue weighted by molar-refractivity contribution is 4.52. The van der Waals surface area contributed by atoms with E-state index in [1.54, 1.807) is 0 Å². The molecular weight excluding hydrogens is 274 g/mol. The molecule has 5 nitrogen and oxygen atoms in total. The van der Waals surface area contributed by atoms with E-state index < -0.39 is 0 Å². The third-order valence-electron chi connectivity index (χ3n) is 4.07. The van der Waals surface area contributed by atoms with E-state index in [1.165, 1.54) is 38.5 Å². The third-order valence-corrected chi connectivity index (χ3v) is 4.07. The van der Waals surface area contributed by atoms with E-state index in [1.807, 2.05) is 0 Å². The van der Waals surface area contributed by atoms with Crippen LogP contribution in [0.1, 0.15) is 79.1 Å². The molecule has 5 heteroatoms. The fourth-order valence-electron chi connectivity index (χ4n) is 2.50. The smallest absolute Gasteiger partial charge is 0.177 e. The highest BCUT2D eigenvalue weighted by Gasteiger charge is 2.34. The van der Waals surface area contributed by atoms with Crippen molar-refractivity contribution in [2.45, 2.75) is 85.2 Å². The van der Waals surface area contributed by atoms with Crippen LogP contribution in [-0.4, -0.2) is 37.2 Å². The summed E-state index contributed by atoms with van der Waals surface area (Å²) >= 11 is 0. The summed E-state index contributed by atoms with van der Waals surface area (Å²) in [6.45, 7) is 12.8. The molecule has 22 heavy (non-hydrogen) atoms. The lowest BCUT2D eigenvalue weighted by molar-refractivity contribution is -1.03. The van der Waals surface area contributed by atoms with Gasteiger partial charge in [-0.05, 0) is 25.7 Å². The van der Waals surface area contributed by atoms with E-state index in [9.17, 15) is 0 Å². The van der Waals surface area contributed by atoms with Gasteiger partial charge in [-0.25, -0.2) is 0 Å². The molecule has 1 atom stereocenters. The molecule has 0 rings (SSSR count). The summed E-state index contributed by atoms with van der Waals surface area (Å²) in [5.41, 5.74) is 13.9. The van der Waals surface area contributed by atoms with Crippen LogP contribution in [0.2, 0.25) is 0 Å². The Kier molecular flexibility index (Phi) is 14.3. The molecule has 0 saturated heterocycles. The Hall–Kier alpha value is -0.200. The maximum atomic E-state index is 6.55. The average molecular weight is 317 g/mol. The van der Waals surface area contributed by atoms with Gasteiger partial charge in [0.1, 0.15) is 0 Å². The molecule has 0 aliphatic heterocycles. The summed E-state index contributed by atoms with van der Waals surface area (Å²) in [6.07, 6.45) is 9.42. The highest BCUT2D eigenvalue weighted by Crippen LogP contribution is 2.08. The van der Waals surface area contributed by atoms with E-state index in [2.05, 4.69) is 43.9 Å². The molecule has 0 fully saturated rings. The van der Waals surface area contributed by atoms with E-state index >= 15 is 0 Å². The van der Waals surface area contributed by atoms with Crippen molar-refractivity contribution in [3.63, 3.8) is 0 Å². The fourth-order valence-corrected chi connectivity index (χ4v) is 2.50. The van der Waals surface area contributed by atoms with Crippen LogP contribution >= 0.6 is 0 Å². The second-order valence-electron chi connectivity index (χ2n) is 6.26. The molecule has 5 N–H and O–H groups in total. The SMILES string of the molecule is CCCCNC[N+](NCCCC)(NCCCC)C(N)CCC. The lowest BCUT2D eigenvalue weighted by Crippen LogP contribution is -2.76. The summed E-state index contributed by atoms with van der Waals surface area (Å²) in [5, 5.41) is 3.59. The number of hydrogen-bond donors (Lipinski definition) is 4. The van der Waals surface area contributed by atoms with Crippen molar-refractivity contribution in [1.82, 2.24) is 16.2 Å². The topological polar surface area (TPSA) is 62.1 Å². The first-order chi connectivity index (χ1) is 10.7. The fraction of sp³-hybridized carbons (Fsp3) is 1.00. The van der Waals surface area contributed by atoms with Gasteiger partial charge in [-0.2, -0.15) is 0 Å². The van der Waals surface area contributed by atoms with Crippen LogP contribution in [-0.2, 0) is 0 Å². The Morgan fingerprint density at radius 1 is 0.773 bits per heavy atom. The van der Waals surface area contributed by atoms with Gasteiger partial charge in [-0.3, -0.25) is 11.1 Å². The van der Waals surface area contributed by atoms with E-state index in [4.69, 9.17) is 5.73 Å². The Morgan fingerprint density at radius 3 is 1.73 bits per heavy atom. The zero-order valence-electron chi connectivity index (χ0n) is 15.6. The number of nitrogens with two attached hydrogens (primary N) is 1. The van der Waals surface area contributed by atoms with Crippen LogP contribution in [0.3, 0.4) is 0 Å². The first kappa shape index (κ1) is 21.8. The van der Waals surface area contributed by atoms with Crippen molar-refractivity contribution in [1.29, 1.82) is 0 Å². The number of nitrogens with zero attached hydrogens (tertiary/aromatic N) is 1. The summed E-state index contributed by atoms with van der Waals surface area (Å²) in [7, 11) is 0. The normalized spacial score (nSPS) is 13.5. The minimum absolute atomic E-state index is 0.0767. The van der Waals surface area contributed by atoms with Gasteiger partial charge >= 0.3 is 0 Å². The molecule has 0 radical (unpaired) electrons. The van der Waals surface area contributed by atoms with Gasteiger partial charge in [0.25, 0.3) is 0 Å². The van der Waals surface area contributed by atoms with Crippen LogP contribution in [0, 0.1) is 0 Å². The zero-order valence-corrected chi connectivity index (χ0v) is 15.6. The lowest BCUT2D eigenvalue weighted by atomic mass is 10.2. The Bertz CT molecular complexity index is 225. The van der Waals surface area contributed by atoms with Gasteiger partial charge in [0.05, 0.1) is 0 Å². The zero-order chi connectivity index (χ0) is 16.7. The predicted molar refractivity (Wildman–Crippen MR) is 96.7 cm³/mol. The van der Waals surface area contributed by atoms with Gasteiger partial charge in [0, 0.05) is 26.1 Å². The minimum atomic E-state index is 0.0767. The molecule has 0 heterocycles. The average Bonchev–Trinajstić information content (AvgIpc) is 2.51. The van der Waals surface area contributed by atoms with Crippen LogP contribution in [0.4, 0.5) is 0 Å². The van der Waals surface area contributed by atoms with Gasteiger partial charge in [0.15, 0.2) is 12.8 Å². The van der Waals surface area contributed by atoms with E-state index in [-0.39, 0.29) is 6.17 Å². The van der Waals surface area contributed by atoms with Crippen molar-refractivity contribution in [2.75, 3.05) is 26.3 Å². The molecule has 134 valence electrons. The summed E-state index contributed by atoms with van der Waals surface area (Å²) in [5.74, 6) is 0. The van der Waals surface area contributed by atoms with Gasteiger partial charge in [-0.15, -0.1) is 15.6 Å². The van der Waals surface area contributed by atoms with Gasteiger partial charge in [-0.1, -0.05) is 47.0 Å². The molecule has 0 bridgehead atoms. The van der Waals surface area contributed by atoms with Crippen LogP contribution < -0.4 is 21.9 Å². The lowest BCUT2D eigenvalue weighted by Gasteiger charge is -2.42. The second kappa shape index (κ2) is 14.4. The molecule has 0 aromatic rings. The minimum Gasteiger partial charge on any atom is -0.278 e. The van der Waals surface area contributed by atoms with E-state index in [0.29, 0.717) is 4.70 Å². The molecule has 0 spiro atoms. The maximum Gasteiger partial charge on any atom is 0.177 e. The van der Waals surface area contributed by atoms with E-state index in [0.717, 1.165) is 39.1 Å². The Balaban J connectivity index is 4.76. The van der Waals surface area contributed by atoms with Crippen LogP contribution in [0.15, 0.2) is 0 Å². The van der Waals surface area contributed by atoms with Gasteiger partial charge < -0.3 is 0 Å². The number of rotatable bonds is 16. The van der Waals surface area contributed by atoms with Crippen molar-refractivity contribution in [3.05, 3.63) is 0 Å². The molecule has 0 aromatic carbocycles.